The molecule has 0 saturated heterocycles. The molecule has 0 saturated carbocycles. The largest absolute Gasteiger partial charge is 0.286 e. The van der Waals surface area contributed by atoms with Gasteiger partial charge in [0.15, 0.2) is 0 Å². The van der Waals surface area contributed by atoms with Crippen molar-refractivity contribution in [1.29, 1.82) is 0 Å². The fourth-order valence-electron chi connectivity index (χ4n) is 1.60. The maximum Gasteiger partial charge on any atom is 0.265 e. The molecule has 0 aliphatic rings. The second-order valence-corrected chi connectivity index (χ2v) is 5.46. The molecule has 0 spiro atoms. The summed E-state index contributed by atoms with van der Waals surface area (Å²) in [6.07, 6.45) is 7.58. The van der Waals surface area contributed by atoms with Gasteiger partial charge in [0.1, 0.15) is 12.4 Å². The van der Waals surface area contributed by atoms with Crippen molar-refractivity contribution in [1.82, 2.24) is 9.55 Å². The number of imidazole rings is 1. The predicted molar refractivity (Wildman–Crippen MR) is 64.8 cm³/mol. The van der Waals surface area contributed by atoms with Crippen molar-refractivity contribution in [3.8, 4) is 5.82 Å². The van der Waals surface area contributed by atoms with Crippen molar-refractivity contribution in [3.63, 3.8) is 0 Å². The Morgan fingerprint density at radius 2 is 2.22 bits per heavy atom. The molecule has 2 aromatic rings. The van der Waals surface area contributed by atoms with Gasteiger partial charge in [-0.15, -0.1) is 0 Å². The molecule has 96 valence electrons. The Kier molecular flexibility index (Phi) is 3.73. The molecular weight excluding hydrogens is 254 g/mol. The summed E-state index contributed by atoms with van der Waals surface area (Å²) in [4.78, 5) is 4.20. The summed E-state index contributed by atoms with van der Waals surface area (Å²) in [6, 6.07) is 5.61. The maximum absolute atomic E-state index is 10.6. The summed E-state index contributed by atoms with van der Waals surface area (Å²) in [5.74, 6) is 0.570. The van der Waals surface area contributed by atoms with Crippen LogP contribution in [0.5, 0.6) is 0 Å². The lowest BCUT2D eigenvalue weighted by Gasteiger charge is -1.95. The highest BCUT2D eigenvalue weighted by molar-refractivity contribution is 7.85. The molecule has 0 aliphatic carbocycles. The van der Waals surface area contributed by atoms with Gasteiger partial charge in [-0.25, -0.2) is 9.55 Å². The number of aromatic nitrogens is 3. The van der Waals surface area contributed by atoms with E-state index in [1.165, 1.54) is 0 Å². The highest BCUT2D eigenvalue weighted by Gasteiger charge is 2.09. The van der Waals surface area contributed by atoms with E-state index in [9.17, 15) is 8.42 Å². The summed E-state index contributed by atoms with van der Waals surface area (Å²) < 4.78 is 33.5. The van der Waals surface area contributed by atoms with Gasteiger partial charge in [-0.2, -0.15) is 13.0 Å². The molecule has 0 aliphatic heterocycles. The van der Waals surface area contributed by atoms with Gasteiger partial charge >= 0.3 is 0 Å². The minimum atomic E-state index is -3.87. The Morgan fingerprint density at radius 3 is 2.89 bits per heavy atom. The molecule has 0 atom stereocenters. The van der Waals surface area contributed by atoms with Crippen molar-refractivity contribution >= 4 is 10.1 Å². The van der Waals surface area contributed by atoms with Gasteiger partial charge < -0.3 is 0 Å². The Hall–Kier alpha value is -1.73. The number of nitrogens with zero attached hydrogens (tertiary/aromatic N) is 3. The minimum Gasteiger partial charge on any atom is -0.286 e. The topological polar surface area (TPSA) is 76.1 Å². The standard InChI is InChI=1S/C11H13N3O3S/c15-18(16,17)9-3-6-13-7-8-14(10-13)11-4-1-2-5-12-11/h1-2,4-5,7-8,10H,3,6,9H2/p+1. The molecule has 2 rings (SSSR count). The van der Waals surface area contributed by atoms with Crippen molar-refractivity contribution in [3.05, 3.63) is 43.1 Å². The van der Waals surface area contributed by atoms with E-state index in [1.807, 2.05) is 46.1 Å². The van der Waals surface area contributed by atoms with Crippen LogP contribution in [-0.2, 0) is 16.7 Å². The fraction of sp³-hybridized carbons (Fsp3) is 0.273. The van der Waals surface area contributed by atoms with Crippen molar-refractivity contribution in [2.75, 3.05) is 5.75 Å². The van der Waals surface area contributed by atoms with Crippen LogP contribution in [0.1, 0.15) is 6.42 Å². The van der Waals surface area contributed by atoms with Crippen LogP contribution < -0.4 is 4.57 Å². The first-order valence-corrected chi connectivity index (χ1v) is 7.09. The van der Waals surface area contributed by atoms with E-state index in [-0.39, 0.29) is 5.75 Å². The minimum absolute atomic E-state index is 0.227. The number of pyridine rings is 1. The van der Waals surface area contributed by atoms with Gasteiger partial charge in [-0.1, -0.05) is 6.07 Å². The number of hydrogen-bond acceptors (Lipinski definition) is 3. The van der Waals surface area contributed by atoms with Crippen LogP contribution in [0.4, 0.5) is 0 Å². The third kappa shape index (κ3) is 3.64. The van der Waals surface area contributed by atoms with Gasteiger partial charge in [0.05, 0.1) is 12.3 Å². The van der Waals surface area contributed by atoms with Crippen LogP contribution in [0, 0.1) is 0 Å². The molecule has 0 amide bonds. The first kappa shape index (κ1) is 12.7. The second-order valence-electron chi connectivity index (χ2n) is 3.89. The fourth-order valence-corrected chi connectivity index (χ4v) is 2.09. The highest BCUT2D eigenvalue weighted by Crippen LogP contribution is 2.00. The quantitative estimate of drug-likeness (QED) is 0.630. The van der Waals surface area contributed by atoms with Crippen LogP contribution in [0.25, 0.3) is 5.82 Å². The lowest BCUT2D eigenvalue weighted by molar-refractivity contribution is -0.696. The zero-order valence-corrected chi connectivity index (χ0v) is 10.5. The predicted octanol–water partition coefficient (Wildman–Crippen LogP) is 0.438. The highest BCUT2D eigenvalue weighted by atomic mass is 32.2. The molecule has 2 heterocycles. The Morgan fingerprint density at radius 1 is 1.39 bits per heavy atom. The lowest BCUT2D eigenvalue weighted by Crippen LogP contribution is -2.32. The number of aryl methyl sites for hydroxylation is 1. The van der Waals surface area contributed by atoms with Crippen LogP contribution in [0.2, 0.25) is 0 Å². The molecule has 0 bridgehead atoms. The molecule has 2 aromatic heterocycles. The van der Waals surface area contributed by atoms with Gasteiger partial charge in [0.25, 0.3) is 10.1 Å². The third-order valence-electron chi connectivity index (χ3n) is 2.42. The van der Waals surface area contributed by atoms with Crippen LogP contribution in [-0.4, -0.2) is 28.3 Å². The van der Waals surface area contributed by atoms with E-state index >= 15 is 0 Å². The van der Waals surface area contributed by atoms with Crippen LogP contribution in [0.3, 0.4) is 0 Å². The zero-order chi connectivity index (χ0) is 13.0. The smallest absolute Gasteiger partial charge is 0.265 e. The summed E-state index contributed by atoms with van der Waals surface area (Å²) in [5, 5.41) is 0. The zero-order valence-electron chi connectivity index (χ0n) is 9.68. The number of hydrogen-bond donors (Lipinski definition) is 1. The van der Waals surface area contributed by atoms with Crippen LogP contribution in [0.15, 0.2) is 43.1 Å². The SMILES string of the molecule is O=S(=O)(O)CCC[n+]1ccn(-c2ccccn2)c1. The molecule has 1 N–H and O–H groups in total. The van der Waals surface area contributed by atoms with Gasteiger partial charge in [0, 0.05) is 18.7 Å². The summed E-state index contributed by atoms with van der Waals surface area (Å²) in [5.41, 5.74) is 0. The molecule has 0 unspecified atom stereocenters. The molecule has 7 heteroatoms. The molecule has 18 heavy (non-hydrogen) atoms. The van der Waals surface area contributed by atoms with E-state index < -0.39 is 10.1 Å². The Balaban J connectivity index is 1.99. The monoisotopic (exact) mass is 268 g/mol. The first-order chi connectivity index (χ1) is 8.54. The summed E-state index contributed by atoms with van der Waals surface area (Å²) in [6.45, 7) is 0.527. The van der Waals surface area contributed by atoms with Gasteiger partial charge in [0.2, 0.25) is 12.1 Å². The van der Waals surface area contributed by atoms with Crippen molar-refractivity contribution in [2.45, 2.75) is 13.0 Å². The normalized spacial score (nSPS) is 11.6. The van der Waals surface area contributed by atoms with E-state index in [2.05, 4.69) is 4.98 Å². The van der Waals surface area contributed by atoms with Crippen molar-refractivity contribution < 1.29 is 17.5 Å². The molecule has 0 fully saturated rings. The maximum atomic E-state index is 10.6. The molecule has 0 radical (unpaired) electrons. The lowest BCUT2D eigenvalue weighted by atomic mass is 10.5. The van der Waals surface area contributed by atoms with E-state index in [4.69, 9.17) is 4.55 Å². The average Bonchev–Trinajstić information content (AvgIpc) is 2.77. The molecule has 0 aromatic carbocycles. The van der Waals surface area contributed by atoms with E-state index in [0.717, 1.165) is 5.82 Å². The first-order valence-electron chi connectivity index (χ1n) is 5.48. The molecular formula is C11H14N3O3S+. The van der Waals surface area contributed by atoms with E-state index in [0.29, 0.717) is 13.0 Å². The van der Waals surface area contributed by atoms with Crippen molar-refractivity contribution in [2.24, 2.45) is 0 Å². The van der Waals surface area contributed by atoms with Gasteiger partial charge in [-0.05, 0) is 6.07 Å². The molecule has 6 nitrogen and oxygen atoms in total. The summed E-state index contributed by atoms with van der Waals surface area (Å²) >= 11 is 0. The Bertz CT molecular complexity index is 607. The number of rotatable bonds is 5. The van der Waals surface area contributed by atoms with E-state index in [1.54, 1.807) is 6.20 Å². The average molecular weight is 268 g/mol. The van der Waals surface area contributed by atoms with Crippen LogP contribution >= 0.6 is 0 Å². The Labute approximate surface area is 105 Å². The van der Waals surface area contributed by atoms with Gasteiger partial charge in [-0.3, -0.25) is 4.55 Å². The third-order valence-corrected chi connectivity index (χ3v) is 3.23. The summed E-state index contributed by atoms with van der Waals surface area (Å²) in [7, 11) is -3.87. The second kappa shape index (κ2) is 5.28.